The largest absolute Gasteiger partial charge is 0.409 e. The highest BCUT2D eigenvalue weighted by atomic mass is 16.4. The van der Waals surface area contributed by atoms with E-state index in [0.29, 0.717) is 17.8 Å². The van der Waals surface area contributed by atoms with Crippen molar-refractivity contribution in [1.82, 2.24) is 9.88 Å². The van der Waals surface area contributed by atoms with Gasteiger partial charge in [0, 0.05) is 35.1 Å². The second-order valence-corrected chi connectivity index (χ2v) is 9.14. The molecular formula is C27H29N5O2. The monoisotopic (exact) mass is 455 g/mol. The van der Waals surface area contributed by atoms with Crippen LogP contribution in [0.1, 0.15) is 47.3 Å². The van der Waals surface area contributed by atoms with E-state index in [-0.39, 0.29) is 23.8 Å². The minimum Gasteiger partial charge on any atom is -0.409 e. The van der Waals surface area contributed by atoms with Crippen LogP contribution in [-0.4, -0.2) is 33.6 Å². The number of benzene rings is 3. The van der Waals surface area contributed by atoms with Gasteiger partial charge in [-0.2, -0.15) is 0 Å². The van der Waals surface area contributed by atoms with Crippen LogP contribution in [0.5, 0.6) is 0 Å². The van der Waals surface area contributed by atoms with Gasteiger partial charge in [-0.05, 0) is 60.2 Å². The van der Waals surface area contributed by atoms with Crippen LogP contribution < -0.4 is 16.8 Å². The number of rotatable bonds is 5. The Kier molecular flexibility index (Phi) is 5.94. The van der Waals surface area contributed by atoms with Crippen LogP contribution in [0.3, 0.4) is 0 Å². The van der Waals surface area contributed by atoms with Crippen molar-refractivity contribution in [3.8, 4) is 0 Å². The van der Waals surface area contributed by atoms with Gasteiger partial charge < -0.3 is 26.6 Å². The van der Waals surface area contributed by atoms with Crippen molar-refractivity contribution in [2.24, 2.45) is 16.6 Å². The highest BCUT2D eigenvalue weighted by Crippen LogP contribution is 2.25. The van der Waals surface area contributed by atoms with Crippen LogP contribution >= 0.6 is 0 Å². The third-order valence-corrected chi connectivity index (χ3v) is 6.80. The second-order valence-electron chi connectivity index (χ2n) is 9.14. The molecule has 1 aliphatic carbocycles. The molecule has 7 nitrogen and oxygen atoms in total. The van der Waals surface area contributed by atoms with Crippen LogP contribution in [-0.2, 0) is 6.54 Å². The van der Waals surface area contributed by atoms with Crippen molar-refractivity contribution in [1.29, 1.82) is 0 Å². The molecule has 1 heterocycles. The van der Waals surface area contributed by atoms with Crippen molar-refractivity contribution in [3.63, 3.8) is 0 Å². The number of amidine groups is 1. The van der Waals surface area contributed by atoms with Crippen molar-refractivity contribution >= 4 is 33.4 Å². The van der Waals surface area contributed by atoms with E-state index in [0.717, 1.165) is 47.5 Å². The Hall–Kier alpha value is -3.84. The molecule has 174 valence electrons. The molecule has 6 N–H and O–H groups in total. The summed E-state index contributed by atoms with van der Waals surface area (Å²) in [5.74, 6) is -0.0623. The maximum absolute atomic E-state index is 13.4. The molecule has 0 bridgehead atoms. The highest BCUT2D eigenvalue weighted by Gasteiger charge is 2.23. The normalized spacial score (nSPS) is 18.9. The summed E-state index contributed by atoms with van der Waals surface area (Å²) in [5.41, 5.74) is 15.0. The Morgan fingerprint density at radius 3 is 2.47 bits per heavy atom. The lowest BCUT2D eigenvalue weighted by molar-refractivity contribution is 0.0917. The van der Waals surface area contributed by atoms with Crippen LogP contribution in [0, 0.1) is 0 Å². The van der Waals surface area contributed by atoms with Gasteiger partial charge in [-0.15, -0.1) is 0 Å². The van der Waals surface area contributed by atoms with Crippen molar-refractivity contribution in [3.05, 3.63) is 83.6 Å². The molecule has 0 radical (unpaired) electrons. The first-order chi connectivity index (χ1) is 16.5. The molecule has 0 spiro atoms. The minimum absolute atomic E-state index is 0.0323. The third-order valence-electron chi connectivity index (χ3n) is 6.80. The van der Waals surface area contributed by atoms with Crippen LogP contribution in [0.4, 0.5) is 0 Å². The zero-order chi connectivity index (χ0) is 23.7. The first-order valence-corrected chi connectivity index (χ1v) is 11.7. The van der Waals surface area contributed by atoms with Gasteiger partial charge in [0.2, 0.25) is 0 Å². The standard InChI is InChI=1S/C27H29N5O2/c28-22-9-11-23(12-10-22)30-27(33)25-14-20-7-8-21(26(29)31-34)15-24(20)32(25)16-17-5-6-18-3-1-2-4-19(18)13-17/h1-8,13-15,22-23,34H,9-12,16,28H2,(H2,29,31)(H,30,33)/t22-,23-. The molecule has 1 saturated carbocycles. The molecule has 7 heteroatoms. The first-order valence-electron chi connectivity index (χ1n) is 11.7. The van der Waals surface area contributed by atoms with E-state index in [1.807, 2.05) is 34.9 Å². The van der Waals surface area contributed by atoms with E-state index in [2.05, 4.69) is 40.8 Å². The number of oxime groups is 1. The summed E-state index contributed by atoms with van der Waals surface area (Å²) in [6, 6.07) is 22.4. The molecule has 5 rings (SSSR count). The Bertz CT molecular complexity index is 1380. The molecule has 1 aromatic heterocycles. The summed E-state index contributed by atoms with van der Waals surface area (Å²) in [6.45, 7) is 0.520. The first kappa shape index (κ1) is 22.0. The summed E-state index contributed by atoms with van der Waals surface area (Å²) in [6.07, 6.45) is 3.64. The fraction of sp³-hybridized carbons (Fsp3) is 0.259. The van der Waals surface area contributed by atoms with Gasteiger partial charge in [0.25, 0.3) is 5.91 Å². The zero-order valence-corrected chi connectivity index (χ0v) is 18.9. The van der Waals surface area contributed by atoms with Crippen molar-refractivity contribution < 1.29 is 10.0 Å². The fourth-order valence-electron chi connectivity index (χ4n) is 4.87. The number of nitrogens with zero attached hydrogens (tertiary/aromatic N) is 2. The van der Waals surface area contributed by atoms with E-state index in [9.17, 15) is 4.79 Å². The van der Waals surface area contributed by atoms with E-state index in [1.54, 1.807) is 6.07 Å². The third kappa shape index (κ3) is 4.34. The van der Waals surface area contributed by atoms with E-state index >= 15 is 0 Å². The summed E-state index contributed by atoms with van der Waals surface area (Å²) in [7, 11) is 0. The summed E-state index contributed by atoms with van der Waals surface area (Å²) < 4.78 is 2.01. The number of carbonyl (C=O) groups is 1. The van der Waals surface area contributed by atoms with Gasteiger partial charge in [-0.25, -0.2) is 0 Å². The number of nitrogens with one attached hydrogen (secondary N) is 1. The number of amides is 1. The molecule has 0 saturated heterocycles. The lowest BCUT2D eigenvalue weighted by Crippen LogP contribution is -2.41. The van der Waals surface area contributed by atoms with Crippen LogP contribution in [0.15, 0.2) is 71.9 Å². The average molecular weight is 456 g/mol. The zero-order valence-electron chi connectivity index (χ0n) is 18.9. The van der Waals surface area contributed by atoms with Crippen LogP contribution in [0.2, 0.25) is 0 Å². The van der Waals surface area contributed by atoms with E-state index < -0.39 is 0 Å². The molecule has 3 aromatic carbocycles. The van der Waals surface area contributed by atoms with Gasteiger partial charge in [0.15, 0.2) is 5.84 Å². The summed E-state index contributed by atoms with van der Waals surface area (Å²) >= 11 is 0. The van der Waals surface area contributed by atoms with E-state index in [1.165, 1.54) is 5.39 Å². The van der Waals surface area contributed by atoms with Crippen LogP contribution in [0.25, 0.3) is 21.7 Å². The maximum atomic E-state index is 13.4. The fourth-order valence-corrected chi connectivity index (χ4v) is 4.87. The topological polar surface area (TPSA) is 119 Å². The minimum atomic E-state index is -0.0946. The second kappa shape index (κ2) is 9.19. The molecule has 0 unspecified atom stereocenters. The lowest BCUT2D eigenvalue weighted by Gasteiger charge is -2.27. The summed E-state index contributed by atoms with van der Waals surface area (Å²) in [4.78, 5) is 13.4. The number of fused-ring (bicyclic) bond motifs is 2. The number of carbonyl (C=O) groups excluding carboxylic acids is 1. The molecule has 1 fully saturated rings. The summed E-state index contributed by atoms with van der Waals surface area (Å²) in [5, 5.41) is 18.7. The Morgan fingerprint density at radius 2 is 1.71 bits per heavy atom. The average Bonchev–Trinajstić information content (AvgIpc) is 3.22. The molecule has 34 heavy (non-hydrogen) atoms. The smallest absolute Gasteiger partial charge is 0.268 e. The van der Waals surface area contributed by atoms with Crippen molar-refractivity contribution in [2.75, 3.05) is 0 Å². The van der Waals surface area contributed by atoms with Gasteiger partial charge >= 0.3 is 0 Å². The molecular weight excluding hydrogens is 426 g/mol. The number of hydrogen-bond donors (Lipinski definition) is 4. The highest BCUT2D eigenvalue weighted by molar-refractivity contribution is 6.03. The van der Waals surface area contributed by atoms with Gasteiger partial charge in [-0.3, -0.25) is 4.79 Å². The predicted octanol–water partition coefficient (Wildman–Crippen LogP) is 3.94. The maximum Gasteiger partial charge on any atom is 0.268 e. The van der Waals surface area contributed by atoms with Gasteiger partial charge in [0.1, 0.15) is 5.69 Å². The molecule has 1 amide bonds. The Balaban J connectivity index is 1.54. The van der Waals surface area contributed by atoms with Crippen molar-refractivity contribution in [2.45, 2.75) is 44.3 Å². The molecule has 0 atom stereocenters. The molecule has 1 aliphatic rings. The molecule has 4 aromatic rings. The molecule has 0 aliphatic heterocycles. The van der Waals surface area contributed by atoms with Gasteiger partial charge in [-0.1, -0.05) is 53.7 Å². The predicted molar refractivity (Wildman–Crippen MR) is 135 cm³/mol. The Morgan fingerprint density at radius 1 is 0.971 bits per heavy atom. The number of nitrogens with two attached hydrogens (primary N) is 2. The number of aromatic nitrogens is 1. The SMILES string of the molecule is N/C(=N\O)c1ccc2cc(C(=O)N[C@H]3CC[C@H](N)CC3)n(Cc3ccc4ccccc4c3)c2c1. The number of hydrogen-bond acceptors (Lipinski definition) is 4. The Labute approximate surface area is 198 Å². The van der Waals surface area contributed by atoms with Gasteiger partial charge in [0.05, 0.1) is 0 Å². The lowest BCUT2D eigenvalue weighted by atomic mass is 9.92. The quantitative estimate of drug-likeness (QED) is 0.158. The van der Waals surface area contributed by atoms with E-state index in [4.69, 9.17) is 16.7 Å².